The molecule has 2 aromatic carbocycles. The SMILES string of the molecule is COc1ccccc1/C=N/Nc1nnc(SCc2cccc(Br)c2)n1N. The number of hydrazone groups is 1. The van der Waals surface area contributed by atoms with Crippen LogP contribution in [0.25, 0.3) is 0 Å². The topological polar surface area (TPSA) is 90.3 Å². The molecule has 134 valence electrons. The summed E-state index contributed by atoms with van der Waals surface area (Å²) in [4.78, 5) is 0. The largest absolute Gasteiger partial charge is 0.496 e. The average molecular weight is 433 g/mol. The third kappa shape index (κ3) is 4.55. The molecule has 0 atom stereocenters. The maximum absolute atomic E-state index is 6.03. The Morgan fingerprint density at radius 3 is 2.92 bits per heavy atom. The number of methoxy groups -OCH3 is 1. The molecule has 1 heterocycles. The van der Waals surface area contributed by atoms with Gasteiger partial charge >= 0.3 is 0 Å². The number of anilines is 1. The number of nitrogens with two attached hydrogens (primary N) is 1. The van der Waals surface area contributed by atoms with Crippen molar-refractivity contribution in [2.45, 2.75) is 10.9 Å². The highest BCUT2D eigenvalue weighted by molar-refractivity contribution is 9.10. The van der Waals surface area contributed by atoms with E-state index < -0.39 is 0 Å². The maximum Gasteiger partial charge on any atom is 0.264 e. The predicted octanol–water partition coefficient (Wildman–Crippen LogP) is 3.50. The van der Waals surface area contributed by atoms with Gasteiger partial charge in [0.1, 0.15) is 5.75 Å². The van der Waals surface area contributed by atoms with Crippen molar-refractivity contribution in [1.82, 2.24) is 14.9 Å². The molecule has 0 fully saturated rings. The van der Waals surface area contributed by atoms with Gasteiger partial charge in [0.15, 0.2) is 0 Å². The first-order chi connectivity index (χ1) is 12.7. The van der Waals surface area contributed by atoms with E-state index in [1.807, 2.05) is 42.5 Å². The molecular weight excluding hydrogens is 416 g/mol. The Kier molecular flexibility index (Phi) is 6.13. The van der Waals surface area contributed by atoms with E-state index >= 15 is 0 Å². The summed E-state index contributed by atoms with van der Waals surface area (Å²) in [5.74, 6) is 7.86. The number of benzene rings is 2. The van der Waals surface area contributed by atoms with Gasteiger partial charge in [0.2, 0.25) is 5.16 Å². The van der Waals surface area contributed by atoms with Crippen LogP contribution in [0.1, 0.15) is 11.1 Å². The van der Waals surface area contributed by atoms with Gasteiger partial charge < -0.3 is 10.6 Å². The Morgan fingerprint density at radius 2 is 2.12 bits per heavy atom. The Labute approximate surface area is 163 Å². The van der Waals surface area contributed by atoms with E-state index in [0.717, 1.165) is 27.1 Å². The number of ether oxygens (including phenoxy) is 1. The maximum atomic E-state index is 6.03. The minimum absolute atomic E-state index is 0.355. The highest BCUT2D eigenvalue weighted by Gasteiger charge is 2.10. The lowest BCUT2D eigenvalue weighted by molar-refractivity contribution is 0.414. The zero-order chi connectivity index (χ0) is 18.4. The van der Waals surface area contributed by atoms with E-state index in [9.17, 15) is 0 Å². The third-order valence-electron chi connectivity index (χ3n) is 3.43. The Hall–Kier alpha value is -2.52. The van der Waals surface area contributed by atoms with Crippen molar-refractivity contribution < 1.29 is 4.74 Å². The van der Waals surface area contributed by atoms with Crippen molar-refractivity contribution >= 4 is 39.9 Å². The molecular formula is C17H17BrN6OS. The predicted molar refractivity (Wildman–Crippen MR) is 108 cm³/mol. The number of rotatable bonds is 7. The van der Waals surface area contributed by atoms with Crippen LogP contribution in [0.5, 0.6) is 5.75 Å². The minimum Gasteiger partial charge on any atom is -0.496 e. The molecule has 0 aliphatic rings. The van der Waals surface area contributed by atoms with Gasteiger partial charge in [-0.2, -0.15) is 5.10 Å². The first-order valence-corrected chi connectivity index (χ1v) is 9.45. The van der Waals surface area contributed by atoms with Crippen molar-refractivity contribution in [1.29, 1.82) is 0 Å². The quantitative estimate of drug-likeness (QED) is 0.257. The van der Waals surface area contributed by atoms with Gasteiger partial charge in [-0.3, -0.25) is 0 Å². The summed E-state index contributed by atoms with van der Waals surface area (Å²) in [5.41, 5.74) is 4.80. The van der Waals surface area contributed by atoms with E-state index in [2.05, 4.69) is 42.7 Å². The van der Waals surface area contributed by atoms with Crippen molar-refractivity contribution in [3.05, 3.63) is 64.1 Å². The lowest BCUT2D eigenvalue weighted by Crippen LogP contribution is -2.13. The van der Waals surface area contributed by atoms with E-state index in [1.165, 1.54) is 16.4 Å². The fourth-order valence-electron chi connectivity index (χ4n) is 2.16. The van der Waals surface area contributed by atoms with E-state index in [1.54, 1.807) is 13.3 Å². The molecule has 0 aliphatic heterocycles. The molecule has 0 unspecified atom stereocenters. The van der Waals surface area contributed by atoms with Crippen LogP contribution >= 0.6 is 27.7 Å². The highest BCUT2D eigenvalue weighted by Crippen LogP contribution is 2.23. The summed E-state index contributed by atoms with van der Waals surface area (Å²) in [6.07, 6.45) is 1.64. The van der Waals surface area contributed by atoms with Gasteiger partial charge in [-0.05, 0) is 29.8 Å². The Bertz CT molecular complexity index is 914. The van der Waals surface area contributed by atoms with Gasteiger partial charge in [-0.15, -0.1) is 10.2 Å². The van der Waals surface area contributed by atoms with Crippen LogP contribution in [0.4, 0.5) is 5.95 Å². The first kappa shape index (κ1) is 18.3. The Morgan fingerprint density at radius 1 is 1.27 bits per heavy atom. The van der Waals surface area contributed by atoms with Crippen molar-refractivity contribution in [2.24, 2.45) is 5.10 Å². The monoisotopic (exact) mass is 432 g/mol. The number of nitrogens with zero attached hydrogens (tertiary/aromatic N) is 4. The number of nitrogens with one attached hydrogen (secondary N) is 1. The second-order valence-corrected chi connectivity index (χ2v) is 7.06. The zero-order valence-corrected chi connectivity index (χ0v) is 16.4. The zero-order valence-electron chi connectivity index (χ0n) is 14.0. The van der Waals surface area contributed by atoms with Gasteiger partial charge in [0, 0.05) is 15.8 Å². The third-order valence-corrected chi connectivity index (χ3v) is 4.94. The van der Waals surface area contributed by atoms with Gasteiger partial charge in [-0.1, -0.05) is 52.0 Å². The van der Waals surface area contributed by atoms with Gasteiger partial charge in [-0.25, -0.2) is 10.1 Å². The van der Waals surface area contributed by atoms with Crippen LogP contribution in [0.2, 0.25) is 0 Å². The van der Waals surface area contributed by atoms with Crippen LogP contribution in [-0.2, 0) is 5.75 Å². The van der Waals surface area contributed by atoms with Crippen LogP contribution in [0.15, 0.2) is 63.3 Å². The molecule has 0 saturated heterocycles. The molecule has 3 aromatic rings. The highest BCUT2D eigenvalue weighted by atomic mass is 79.9. The average Bonchev–Trinajstić information content (AvgIpc) is 3.00. The number of nitrogen functional groups attached to an aromatic ring is 1. The molecule has 0 aliphatic carbocycles. The minimum atomic E-state index is 0.355. The standard InChI is InChI=1S/C17H17BrN6OS/c1-25-15-8-3-2-6-13(15)10-20-21-16-22-23-17(24(16)19)26-11-12-5-4-7-14(18)9-12/h2-10H,11,19H2,1H3,(H,21,22)/b20-10+. The Balaban J connectivity index is 1.62. The van der Waals surface area contributed by atoms with Crippen LogP contribution in [0.3, 0.4) is 0 Å². The lowest BCUT2D eigenvalue weighted by atomic mass is 10.2. The number of aromatic nitrogens is 3. The van der Waals surface area contributed by atoms with Crippen LogP contribution in [0, 0.1) is 0 Å². The normalized spacial score (nSPS) is 11.0. The van der Waals surface area contributed by atoms with Crippen LogP contribution < -0.4 is 16.0 Å². The number of hydrogen-bond acceptors (Lipinski definition) is 7. The van der Waals surface area contributed by atoms with Gasteiger partial charge in [0.25, 0.3) is 5.95 Å². The fraction of sp³-hybridized carbons (Fsp3) is 0.118. The summed E-state index contributed by atoms with van der Waals surface area (Å²) >= 11 is 4.96. The number of hydrogen-bond donors (Lipinski definition) is 2. The summed E-state index contributed by atoms with van der Waals surface area (Å²) in [7, 11) is 1.62. The molecule has 0 spiro atoms. The second kappa shape index (κ2) is 8.72. The van der Waals surface area contributed by atoms with Crippen molar-refractivity contribution in [2.75, 3.05) is 18.4 Å². The number of halogens is 1. The van der Waals surface area contributed by atoms with E-state index in [-0.39, 0.29) is 0 Å². The molecule has 3 N–H and O–H groups in total. The van der Waals surface area contributed by atoms with Crippen LogP contribution in [-0.4, -0.2) is 28.2 Å². The summed E-state index contributed by atoms with van der Waals surface area (Å²) < 4.78 is 7.69. The molecule has 7 nitrogen and oxygen atoms in total. The molecule has 9 heteroatoms. The molecule has 0 saturated carbocycles. The van der Waals surface area contributed by atoms with Gasteiger partial charge in [0.05, 0.1) is 13.3 Å². The number of thioether (sulfide) groups is 1. The molecule has 0 amide bonds. The first-order valence-electron chi connectivity index (χ1n) is 7.67. The van der Waals surface area contributed by atoms with Crippen molar-refractivity contribution in [3.63, 3.8) is 0 Å². The summed E-state index contributed by atoms with van der Waals surface area (Å²) in [6.45, 7) is 0. The van der Waals surface area contributed by atoms with E-state index in [0.29, 0.717) is 11.1 Å². The smallest absolute Gasteiger partial charge is 0.264 e. The molecule has 0 bridgehead atoms. The second-order valence-electron chi connectivity index (χ2n) is 5.21. The summed E-state index contributed by atoms with van der Waals surface area (Å²) in [6, 6.07) is 15.7. The van der Waals surface area contributed by atoms with Crippen molar-refractivity contribution in [3.8, 4) is 5.75 Å². The molecule has 0 radical (unpaired) electrons. The molecule has 3 rings (SSSR count). The fourth-order valence-corrected chi connectivity index (χ4v) is 3.41. The lowest BCUT2D eigenvalue weighted by Gasteiger charge is -2.04. The van der Waals surface area contributed by atoms with E-state index in [4.69, 9.17) is 10.6 Å². The number of para-hydroxylation sites is 1. The summed E-state index contributed by atoms with van der Waals surface area (Å²) in [5, 5.41) is 12.9. The molecule has 1 aromatic heterocycles. The molecule has 26 heavy (non-hydrogen) atoms.